The first kappa shape index (κ1) is 26.2. The summed E-state index contributed by atoms with van der Waals surface area (Å²) in [6.45, 7) is 12.6. The summed E-state index contributed by atoms with van der Waals surface area (Å²) in [6, 6.07) is 13.0. The van der Waals surface area contributed by atoms with Crippen LogP contribution < -0.4 is 4.90 Å². The minimum Gasteiger partial charge on any atom is -0.380 e. The average Bonchev–Trinajstić information content (AvgIpc) is 3.12. The zero-order valence-electron chi connectivity index (χ0n) is 21.7. The molecule has 2 aliphatic heterocycles. The van der Waals surface area contributed by atoms with Crippen LogP contribution in [-0.4, -0.2) is 47.8 Å². The maximum absolute atomic E-state index is 15.5. The molecule has 2 aliphatic rings. The van der Waals surface area contributed by atoms with E-state index in [2.05, 4.69) is 38.7 Å². The third kappa shape index (κ3) is 5.42. The molecule has 1 saturated heterocycles. The van der Waals surface area contributed by atoms with Gasteiger partial charge in [0, 0.05) is 30.0 Å². The summed E-state index contributed by atoms with van der Waals surface area (Å²) in [4.78, 5) is 22.4. The van der Waals surface area contributed by atoms with Crippen LogP contribution in [0.3, 0.4) is 0 Å². The van der Waals surface area contributed by atoms with Crippen LogP contribution in [0, 0.1) is 5.82 Å². The first-order valence-corrected chi connectivity index (χ1v) is 13.3. The molecule has 0 aliphatic carbocycles. The van der Waals surface area contributed by atoms with Crippen LogP contribution in [0.25, 0.3) is 11.6 Å². The number of allylic oxidation sites excluding steroid dienone is 1. The van der Waals surface area contributed by atoms with Crippen LogP contribution >= 0.6 is 11.8 Å². The van der Waals surface area contributed by atoms with E-state index in [1.807, 2.05) is 43.3 Å². The second kappa shape index (κ2) is 11.0. The van der Waals surface area contributed by atoms with E-state index in [9.17, 15) is 4.79 Å². The van der Waals surface area contributed by atoms with Crippen LogP contribution in [0.4, 0.5) is 15.8 Å². The Balaban J connectivity index is 1.71. The summed E-state index contributed by atoms with van der Waals surface area (Å²) in [5.41, 5.74) is 3.97. The molecule has 4 rings (SSSR count). The number of amidine groups is 1. The maximum atomic E-state index is 15.5. The smallest absolute Gasteiger partial charge is 0.266 e. The second-order valence-electron chi connectivity index (χ2n) is 9.52. The van der Waals surface area contributed by atoms with Crippen molar-refractivity contribution >= 4 is 45.9 Å². The highest BCUT2D eigenvalue weighted by Crippen LogP contribution is 2.41. The molecule has 0 saturated carbocycles. The molecule has 36 heavy (non-hydrogen) atoms. The van der Waals surface area contributed by atoms with E-state index in [-0.39, 0.29) is 17.3 Å². The van der Waals surface area contributed by atoms with Gasteiger partial charge in [-0.2, -0.15) is 0 Å². The Bertz CT molecular complexity index is 1220. The number of aliphatic imine (C=N–C) groups is 1. The van der Waals surface area contributed by atoms with E-state index in [1.165, 1.54) is 11.8 Å². The molecule has 0 aromatic heterocycles. The van der Waals surface area contributed by atoms with Crippen molar-refractivity contribution in [1.82, 2.24) is 4.90 Å². The first-order valence-electron chi connectivity index (χ1n) is 12.5. The van der Waals surface area contributed by atoms with Gasteiger partial charge in [0.2, 0.25) is 0 Å². The highest BCUT2D eigenvalue weighted by Gasteiger charge is 2.35. The normalized spacial score (nSPS) is 19.3. The van der Waals surface area contributed by atoms with Gasteiger partial charge in [0.25, 0.3) is 5.91 Å². The first-order chi connectivity index (χ1) is 17.2. The van der Waals surface area contributed by atoms with Gasteiger partial charge >= 0.3 is 0 Å². The molecule has 190 valence electrons. The molecule has 2 aromatic carbocycles. The fourth-order valence-corrected chi connectivity index (χ4v) is 5.72. The molecule has 2 aromatic rings. The van der Waals surface area contributed by atoms with Gasteiger partial charge in [-0.1, -0.05) is 31.2 Å². The largest absolute Gasteiger partial charge is 0.380 e. The second-order valence-corrected chi connectivity index (χ2v) is 10.5. The van der Waals surface area contributed by atoms with Gasteiger partial charge in [0.1, 0.15) is 5.82 Å². The van der Waals surface area contributed by atoms with Crippen molar-refractivity contribution < 1.29 is 13.9 Å². The summed E-state index contributed by atoms with van der Waals surface area (Å²) < 4.78 is 21.0. The Morgan fingerprint density at radius 1 is 1.14 bits per heavy atom. The number of hydrogen-bond donors (Lipinski definition) is 0. The topological polar surface area (TPSA) is 45.1 Å². The van der Waals surface area contributed by atoms with Crippen molar-refractivity contribution in [2.75, 3.05) is 31.2 Å². The summed E-state index contributed by atoms with van der Waals surface area (Å²) >= 11 is 1.27. The molecule has 0 bridgehead atoms. The lowest BCUT2D eigenvalue weighted by atomic mass is 9.87. The zero-order chi connectivity index (χ0) is 25.9. The van der Waals surface area contributed by atoms with Crippen molar-refractivity contribution in [2.45, 2.75) is 46.6 Å². The molecule has 0 radical (unpaired) electrons. The number of nitrogens with zero attached hydrogens (tertiary/aromatic N) is 3. The van der Waals surface area contributed by atoms with Crippen LogP contribution in [-0.2, 0) is 9.53 Å². The van der Waals surface area contributed by atoms with Crippen molar-refractivity contribution in [2.24, 2.45) is 4.99 Å². The molecule has 0 spiro atoms. The maximum Gasteiger partial charge on any atom is 0.266 e. The predicted molar refractivity (Wildman–Crippen MR) is 149 cm³/mol. The lowest BCUT2D eigenvalue weighted by molar-refractivity contribution is -0.122. The quantitative estimate of drug-likeness (QED) is 0.289. The molecule has 0 atom stereocenters. The monoisotopic (exact) mass is 507 g/mol. The number of hydrogen-bond acceptors (Lipinski definition) is 5. The van der Waals surface area contributed by atoms with Crippen LogP contribution in [0.1, 0.15) is 52.2 Å². The van der Waals surface area contributed by atoms with E-state index < -0.39 is 0 Å². The van der Waals surface area contributed by atoms with Gasteiger partial charge in [-0.05, 0) is 81.8 Å². The van der Waals surface area contributed by atoms with E-state index in [0.717, 1.165) is 35.5 Å². The van der Waals surface area contributed by atoms with Gasteiger partial charge in [0.05, 0.1) is 29.3 Å². The van der Waals surface area contributed by atoms with E-state index >= 15 is 4.39 Å². The third-order valence-electron chi connectivity index (χ3n) is 6.36. The Labute approximate surface area is 217 Å². The fraction of sp³-hybridized carbons (Fsp3) is 0.379. The lowest BCUT2D eigenvalue weighted by Crippen LogP contribution is -2.45. The van der Waals surface area contributed by atoms with Gasteiger partial charge in [-0.15, -0.1) is 0 Å². The number of thioether (sulfide) groups is 1. The van der Waals surface area contributed by atoms with Crippen LogP contribution in [0.5, 0.6) is 0 Å². The third-order valence-corrected chi connectivity index (χ3v) is 7.37. The Morgan fingerprint density at radius 3 is 2.58 bits per heavy atom. The molecule has 0 unspecified atom stereocenters. The highest BCUT2D eigenvalue weighted by molar-refractivity contribution is 8.18. The van der Waals surface area contributed by atoms with Gasteiger partial charge < -0.3 is 9.64 Å². The number of amides is 1. The Kier molecular flexibility index (Phi) is 8.00. The number of halogens is 1. The molecular weight excluding hydrogens is 473 g/mol. The van der Waals surface area contributed by atoms with E-state index in [0.29, 0.717) is 35.4 Å². The van der Waals surface area contributed by atoms with Crippen molar-refractivity contribution in [3.63, 3.8) is 0 Å². The minimum absolute atomic E-state index is 0.187. The number of carbonyl (C=O) groups is 1. The molecular formula is C29H34FN3O2S. The number of benzene rings is 2. The van der Waals surface area contributed by atoms with Gasteiger partial charge in [-0.25, -0.2) is 9.38 Å². The van der Waals surface area contributed by atoms with Crippen molar-refractivity contribution in [3.8, 4) is 0 Å². The molecule has 7 heteroatoms. The van der Waals surface area contributed by atoms with Gasteiger partial charge in [-0.3, -0.25) is 9.69 Å². The minimum atomic E-state index is -0.337. The Hall–Kier alpha value is -2.90. The molecule has 1 amide bonds. The molecule has 2 heterocycles. The number of anilines is 1. The van der Waals surface area contributed by atoms with Crippen LogP contribution in [0.2, 0.25) is 0 Å². The Morgan fingerprint density at radius 2 is 1.89 bits per heavy atom. The summed E-state index contributed by atoms with van der Waals surface area (Å²) in [5.74, 6) is -0.525. The number of fused-ring (bicyclic) bond motifs is 1. The highest BCUT2D eigenvalue weighted by atomic mass is 32.2. The van der Waals surface area contributed by atoms with E-state index in [1.54, 1.807) is 17.0 Å². The summed E-state index contributed by atoms with van der Waals surface area (Å²) in [6.07, 6.45) is 4.85. The number of carbonyl (C=O) groups excluding carboxylic acids is 1. The standard InChI is InChI=1S/C29H34FN3O2S/c1-6-13-33-25-18-24(30)21(16-23(25)20(3)19-29(33,4)5)17-26-27(34)32(14-15-35-7-2)28(36-26)31-22-11-9-8-10-12-22/h8-12,16-19H,6-7,13-15H2,1-5H3/b26-17+,31-28?. The number of rotatable bonds is 8. The fourth-order valence-electron chi connectivity index (χ4n) is 4.70. The van der Waals surface area contributed by atoms with E-state index in [4.69, 9.17) is 9.73 Å². The zero-order valence-corrected chi connectivity index (χ0v) is 22.5. The van der Waals surface area contributed by atoms with Crippen molar-refractivity contribution in [1.29, 1.82) is 0 Å². The average molecular weight is 508 g/mol. The summed E-state index contributed by atoms with van der Waals surface area (Å²) in [5, 5.41) is 0.572. The van der Waals surface area contributed by atoms with Crippen LogP contribution in [0.15, 0.2) is 58.4 Å². The SMILES string of the molecule is CCCN1c2cc(F)c(/C=C3/SC(=Nc4ccccc4)N(CCOCC)C3=O)cc2C(C)=CC1(C)C. The predicted octanol–water partition coefficient (Wildman–Crippen LogP) is 6.88. The molecule has 0 N–H and O–H groups in total. The molecule has 1 fully saturated rings. The summed E-state index contributed by atoms with van der Waals surface area (Å²) in [7, 11) is 0. The number of ether oxygens (including phenoxy) is 1. The number of para-hydroxylation sites is 1. The lowest BCUT2D eigenvalue weighted by Gasteiger charge is -2.43. The van der Waals surface area contributed by atoms with Gasteiger partial charge in [0.15, 0.2) is 5.17 Å². The van der Waals surface area contributed by atoms with Crippen molar-refractivity contribution in [3.05, 3.63) is 70.4 Å². The molecule has 5 nitrogen and oxygen atoms in total.